The number of nitrogens with zero attached hydrogens (tertiary/aromatic N) is 1. The van der Waals surface area contributed by atoms with Crippen molar-refractivity contribution in [2.24, 2.45) is 0 Å². The Bertz CT molecular complexity index is 842. The minimum Gasteiger partial charge on any atom is -0.298 e. The number of amides is 1. The van der Waals surface area contributed by atoms with E-state index in [1.807, 2.05) is 18.2 Å². The number of aromatic nitrogens is 1. The summed E-state index contributed by atoms with van der Waals surface area (Å²) in [4.78, 5) is 16.6. The molecule has 0 fully saturated rings. The highest BCUT2D eigenvalue weighted by molar-refractivity contribution is 7.22. The molecule has 3 nitrogen and oxygen atoms in total. The van der Waals surface area contributed by atoms with Gasteiger partial charge in [0.05, 0.1) is 15.8 Å². The summed E-state index contributed by atoms with van der Waals surface area (Å²) in [5.74, 6) is -0.673. The summed E-state index contributed by atoms with van der Waals surface area (Å²) in [7, 11) is 0. The van der Waals surface area contributed by atoms with Crippen molar-refractivity contribution in [3.8, 4) is 0 Å². The Morgan fingerprint density at radius 1 is 1.18 bits per heavy atom. The van der Waals surface area contributed by atoms with E-state index in [1.165, 1.54) is 23.5 Å². The Hall–Kier alpha value is -2.27. The molecule has 112 valence electrons. The van der Waals surface area contributed by atoms with Crippen LogP contribution in [0.5, 0.6) is 0 Å². The highest BCUT2D eigenvalue weighted by Gasteiger charge is 2.15. The van der Waals surface area contributed by atoms with Gasteiger partial charge in [-0.05, 0) is 29.7 Å². The van der Waals surface area contributed by atoms with Gasteiger partial charge in [-0.25, -0.2) is 9.37 Å². The molecule has 0 spiro atoms. The normalized spacial score (nSPS) is 11.1. The second kappa shape index (κ2) is 5.85. The molecule has 0 unspecified atom stereocenters. The Morgan fingerprint density at radius 2 is 1.95 bits per heavy atom. The van der Waals surface area contributed by atoms with Crippen molar-refractivity contribution < 1.29 is 9.18 Å². The lowest BCUT2D eigenvalue weighted by molar-refractivity contribution is 0.102. The maximum atomic E-state index is 13.6. The fourth-order valence-electron chi connectivity index (χ4n) is 2.30. The summed E-state index contributed by atoms with van der Waals surface area (Å²) in [5.41, 5.74) is 2.05. The van der Waals surface area contributed by atoms with Gasteiger partial charge >= 0.3 is 0 Å². The second-order valence-electron chi connectivity index (χ2n) is 5.30. The molecule has 22 heavy (non-hydrogen) atoms. The van der Waals surface area contributed by atoms with Crippen LogP contribution in [0.4, 0.5) is 9.52 Å². The van der Waals surface area contributed by atoms with Crippen LogP contribution in [-0.2, 0) is 0 Å². The molecule has 0 aliphatic heterocycles. The SMILES string of the molecule is CC(C)c1cccc2sc(NC(=O)c3ccccc3F)nc12. The van der Waals surface area contributed by atoms with Crippen LogP contribution in [0.2, 0.25) is 0 Å². The van der Waals surface area contributed by atoms with E-state index < -0.39 is 11.7 Å². The largest absolute Gasteiger partial charge is 0.298 e. The molecule has 3 rings (SSSR count). The average Bonchev–Trinajstić information content (AvgIpc) is 2.89. The molecule has 0 aliphatic rings. The maximum absolute atomic E-state index is 13.6. The molecule has 0 atom stereocenters. The maximum Gasteiger partial charge on any atom is 0.260 e. The van der Waals surface area contributed by atoms with Crippen LogP contribution in [0, 0.1) is 5.82 Å². The summed E-state index contributed by atoms with van der Waals surface area (Å²) in [6.45, 7) is 4.21. The fourth-order valence-corrected chi connectivity index (χ4v) is 3.19. The van der Waals surface area contributed by atoms with E-state index in [-0.39, 0.29) is 5.56 Å². The number of anilines is 1. The van der Waals surface area contributed by atoms with E-state index in [0.717, 1.165) is 15.8 Å². The molecular weight excluding hydrogens is 299 g/mol. The minimum atomic E-state index is -0.538. The predicted octanol–water partition coefficient (Wildman–Crippen LogP) is 4.81. The third kappa shape index (κ3) is 2.72. The van der Waals surface area contributed by atoms with Crippen molar-refractivity contribution in [3.63, 3.8) is 0 Å². The molecule has 0 bridgehead atoms. The molecule has 1 N–H and O–H groups in total. The monoisotopic (exact) mass is 314 g/mol. The first-order valence-electron chi connectivity index (χ1n) is 7.01. The third-order valence-electron chi connectivity index (χ3n) is 3.41. The summed E-state index contributed by atoms with van der Waals surface area (Å²) in [6.07, 6.45) is 0. The number of hydrogen-bond acceptors (Lipinski definition) is 3. The quantitative estimate of drug-likeness (QED) is 0.753. The molecule has 1 heterocycles. The highest BCUT2D eigenvalue weighted by Crippen LogP contribution is 2.31. The van der Waals surface area contributed by atoms with E-state index >= 15 is 0 Å². The van der Waals surface area contributed by atoms with Gasteiger partial charge in [0.1, 0.15) is 5.82 Å². The Labute approximate surface area is 131 Å². The fraction of sp³-hybridized carbons (Fsp3) is 0.176. The van der Waals surface area contributed by atoms with Crippen LogP contribution in [0.1, 0.15) is 35.7 Å². The number of thiazole rings is 1. The Balaban J connectivity index is 1.93. The number of nitrogens with one attached hydrogen (secondary N) is 1. The molecule has 2 aromatic carbocycles. The lowest BCUT2D eigenvalue weighted by Gasteiger charge is -2.04. The number of carbonyl (C=O) groups excluding carboxylic acids is 1. The summed E-state index contributed by atoms with van der Waals surface area (Å²) in [5, 5.41) is 3.17. The van der Waals surface area contributed by atoms with Crippen molar-refractivity contribution >= 4 is 32.6 Å². The Kier molecular flexibility index (Phi) is 3.90. The number of halogens is 1. The zero-order valence-electron chi connectivity index (χ0n) is 12.3. The number of para-hydroxylation sites is 1. The van der Waals surface area contributed by atoms with Crippen molar-refractivity contribution in [2.45, 2.75) is 19.8 Å². The molecule has 0 aliphatic carbocycles. The van der Waals surface area contributed by atoms with Gasteiger partial charge in [0, 0.05) is 0 Å². The zero-order valence-corrected chi connectivity index (χ0v) is 13.1. The molecule has 1 aromatic heterocycles. The molecule has 1 amide bonds. The van der Waals surface area contributed by atoms with Crippen LogP contribution in [0.25, 0.3) is 10.2 Å². The molecular formula is C17H15FN2OS. The molecule has 5 heteroatoms. The predicted molar refractivity (Wildman–Crippen MR) is 88.1 cm³/mol. The van der Waals surface area contributed by atoms with E-state index in [2.05, 4.69) is 24.1 Å². The number of benzene rings is 2. The number of hydrogen-bond donors (Lipinski definition) is 1. The average molecular weight is 314 g/mol. The van der Waals surface area contributed by atoms with Crippen molar-refractivity contribution in [2.75, 3.05) is 5.32 Å². The van der Waals surface area contributed by atoms with E-state index in [1.54, 1.807) is 12.1 Å². The van der Waals surface area contributed by atoms with Crippen LogP contribution >= 0.6 is 11.3 Å². The molecule has 0 saturated heterocycles. The van der Waals surface area contributed by atoms with Crippen molar-refractivity contribution in [3.05, 3.63) is 59.4 Å². The summed E-state index contributed by atoms with van der Waals surface area (Å²) in [6, 6.07) is 11.9. The van der Waals surface area contributed by atoms with E-state index in [9.17, 15) is 9.18 Å². The first-order valence-corrected chi connectivity index (χ1v) is 7.83. The number of rotatable bonds is 3. The van der Waals surface area contributed by atoms with Gasteiger partial charge in [-0.15, -0.1) is 0 Å². The first-order chi connectivity index (χ1) is 10.6. The lowest BCUT2D eigenvalue weighted by Crippen LogP contribution is -2.13. The minimum absolute atomic E-state index is 0.0193. The van der Waals surface area contributed by atoms with Gasteiger partial charge in [-0.3, -0.25) is 10.1 Å². The summed E-state index contributed by atoms with van der Waals surface area (Å²) < 4.78 is 14.6. The number of carbonyl (C=O) groups is 1. The van der Waals surface area contributed by atoms with Gasteiger partial charge in [0.25, 0.3) is 5.91 Å². The second-order valence-corrected chi connectivity index (χ2v) is 6.33. The standard InChI is InChI=1S/C17H15FN2OS/c1-10(2)11-7-5-9-14-15(11)19-17(22-14)20-16(21)12-6-3-4-8-13(12)18/h3-10H,1-2H3,(H,19,20,21). The Morgan fingerprint density at radius 3 is 2.68 bits per heavy atom. The smallest absolute Gasteiger partial charge is 0.260 e. The summed E-state index contributed by atoms with van der Waals surface area (Å²) >= 11 is 1.39. The van der Waals surface area contributed by atoms with Crippen LogP contribution in [-0.4, -0.2) is 10.9 Å². The van der Waals surface area contributed by atoms with Crippen LogP contribution < -0.4 is 5.32 Å². The van der Waals surface area contributed by atoms with Crippen molar-refractivity contribution in [1.29, 1.82) is 0 Å². The zero-order chi connectivity index (χ0) is 15.7. The highest BCUT2D eigenvalue weighted by atomic mass is 32.1. The van der Waals surface area contributed by atoms with Crippen LogP contribution in [0.15, 0.2) is 42.5 Å². The van der Waals surface area contributed by atoms with Gasteiger partial charge in [-0.1, -0.05) is 49.4 Å². The lowest BCUT2D eigenvalue weighted by atomic mass is 10.0. The number of fused-ring (bicyclic) bond motifs is 1. The van der Waals surface area contributed by atoms with E-state index in [4.69, 9.17) is 0 Å². The topological polar surface area (TPSA) is 42.0 Å². The van der Waals surface area contributed by atoms with Crippen molar-refractivity contribution in [1.82, 2.24) is 4.98 Å². The van der Waals surface area contributed by atoms with Gasteiger partial charge in [0.15, 0.2) is 5.13 Å². The van der Waals surface area contributed by atoms with Gasteiger partial charge < -0.3 is 0 Å². The molecule has 3 aromatic rings. The van der Waals surface area contributed by atoms with Gasteiger partial charge in [0.2, 0.25) is 0 Å². The van der Waals surface area contributed by atoms with Crippen LogP contribution in [0.3, 0.4) is 0 Å². The van der Waals surface area contributed by atoms with E-state index in [0.29, 0.717) is 11.0 Å². The first kappa shape index (κ1) is 14.7. The molecule has 0 radical (unpaired) electrons. The third-order valence-corrected chi connectivity index (χ3v) is 4.35. The molecule has 0 saturated carbocycles. The van der Waals surface area contributed by atoms with Gasteiger partial charge in [-0.2, -0.15) is 0 Å².